The number of amides is 5. The van der Waals surface area contributed by atoms with Crippen molar-refractivity contribution in [3.63, 3.8) is 0 Å². The normalized spacial score (nSPS) is 16.9. The molecule has 0 bridgehead atoms. The Bertz CT molecular complexity index is 1720. The molecule has 0 aromatic heterocycles. The van der Waals surface area contributed by atoms with Gasteiger partial charge in [-0.05, 0) is 70.9 Å². The van der Waals surface area contributed by atoms with Crippen molar-refractivity contribution < 1.29 is 33.8 Å². The van der Waals surface area contributed by atoms with E-state index in [2.05, 4.69) is 21.3 Å². The fourth-order valence-corrected chi connectivity index (χ4v) is 6.87. The van der Waals surface area contributed by atoms with E-state index in [0.717, 1.165) is 11.4 Å². The van der Waals surface area contributed by atoms with Gasteiger partial charge < -0.3 is 41.7 Å². The van der Waals surface area contributed by atoms with Crippen LogP contribution < -0.4 is 31.7 Å². The first-order valence-corrected chi connectivity index (χ1v) is 17.9. The van der Waals surface area contributed by atoms with E-state index in [9.17, 15) is 29.1 Å². The maximum Gasteiger partial charge on any atom is 0.258 e. The molecule has 14 heteroatoms. The average Bonchev–Trinajstić information content (AvgIpc) is 3.41. The summed E-state index contributed by atoms with van der Waals surface area (Å²) in [5, 5.41) is 22.9. The van der Waals surface area contributed by atoms with Gasteiger partial charge in [0.25, 0.3) is 11.8 Å². The van der Waals surface area contributed by atoms with Gasteiger partial charge in [-0.2, -0.15) is 0 Å². The summed E-state index contributed by atoms with van der Waals surface area (Å²) in [7, 11) is 0. The van der Waals surface area contributed by atoms with Crippen molar-refractivity contribution in [2.45, 2.75) is 82.0 Å². The number of hydrogen-bond acceptors (Lipinski definition) is 9. The lowest BCUT2D eigenvalue weighted by atomic mass is 9.96. The molecule has 0 unspecified atom stereocenters. The Hall–Kier alpha value is -5.08. The highest BCUT2D eigenvalue weighted by Gasteiger charge is 2.50. The molecule has 0 spiro atoms. The topological polar surface area (TPSA) is 192 Å². The molecule has 52 heavy (non-hydrogen) atoms. The summed E-state index contributed by atoms with van der Waals surface area (Å²) in [4.78, 5) is 67.4. The number of carbonyl (C=O) groups is 5. The predicted molar refractivity (Wildman–Crippen MR) is 201 cm³/mol. The number of nitrogens with zero attached hydrogens (tertiary/aromatic N) is 1. The Morgan fingerprint density at radius 2 is 1.58 bits per heavy atom. The van der Waals surface area contributed by atoms with Crippen molar-refractivity contribution in [2.24, 2.45) is 5.73 Å². The molecule has 0 aliphatic carbocycles. The zero-order valence-electron chi connectivity index (χ0n) is 30.1. The average molecular weight is 733 g/mol. The standard InChI is InChI=1S/C38H48N6O7S/c1-37(2,3)43-35(49)33-38(4,5)52-23-44(33)36(50)32(47)28(19-24-13-8-6-9-14-24)42-34(48)29(21-30(39)45)41-31(46)22-51-27-18-12-17-26(20-27)40-25-15-10-7-11-16-25/h6-18,20,28-29,32-33,40,47H,19,21-23H2,1-5H3,(H2,39,45)(H,41,46)(H,42,48)(H,43,49)/t28-,29-,32-,33-/m0/s1. The van der Waals surface area contributed by atoms with Crippen LogP contribution in [0.4, 0.5) is 11.4 Å². The van der Waals surface area contributed by atoms with Gasteiger partial charge in [-0.3, -0.25) is 24.0 Å². The molecule has 13 nitrogen and oxygen atoms in total. The summed E-state index contributed by atoms with van der Waals surface area (Å²) < 4.78 is 5.00. The number of carbonyl (C=O) groups excluding carboxylic acids is 5. The summed E-state index contributed by atoms with van der Waals surface area (Å²) >= 11 is 1.40. The number of anilines is 2. The van der Waals surface area contributed by atoms with E-state index in [1.807, 2.05) is 71.0 Å². The van der Waals surface area contributed by atoms with Gasteiger partial charge in [0.2, 0.25) is 17.7 Å². The number of thioether (sulfide) groups is 1. The van der Waals surface area contributed by atoms with Crippen LogP contribution in [0.5, 0.6) is 5.75 Å². The highest BCUT2D eigenvalue weighted by atomic mass is 32.2. The van der Waals surface area contributed by atoms with Crippen LogP contribution in [0, 0.1) is 0 Å². The molecule has 1 aliphatic rings. The maximum absolute atomic E-state index is 14.0. The van der Waals surface area contributed by atoms with Crippen LogP contribution in [0.25, 0.3) is 0 Å². The maximum atomic E-state index is 14.0. The summed E-state index contributed by atoms with van der Waals surface area (Å²) in [6, 6.07) is 21.8. The number of nitrogens with one attached hydrogen (secondary N) is 4. The fraction of sp³-hybridized carbons (Fsp3) is 0.395. The van der Waals surface area contributed by atoms with Gasteiger partial charge in [-0.15, -0.1) is 11.8 Å². The van der Waals surface area contributed by atoms with E-state index >= 15 is 0 Å². The number of hydrogen-bond donors (Lipinski definition) is 6. The number of benzene rings is 3. The van der Waals surface area contributed by atoms with Crippen LogP contribution in [0.1, 0.15) is 46.6 Å². The van der Waals surface area contributed by atoms with E-state index in [0.29, 0.717) is 11.3 Å². The molecular formula is C38H48N6O7S. The van der Waals surface area contributed by atoms with Gasteiger partial charge in [-0.25, -0.2) is 0 Å². The minimum absolute atomic E-state index is 0.0242. The number of ether oxygens (including phenoxy) is 1. The second-order valence-corrected chi connectivity index (χ2v) is 15.8. The van der Waals surface area contributed by atoms with Gasteiger partial charge >= 0.3 is 0 Å². The van der Waals surface area contributed by atoms with Gasteiger partial charge in [-0.1, -0.05) is 54.6 Å². The molecule has 4 atom stereocenters. The van der Waals surface area contributed by atoms with E-state index < -0.39 is 71.2 Å². The highest BCUT2D eigenvalue weighted by molar-refractivity contribution is 8.00. The second-order valence-electron chi connectivity index (χ2n) is 14.2. The molecule has 1 fully saturated rings. The summed E-state index contributed by atoms with van der Waals surface area (Å²) in [6.07, 6.45) is -2.31. The number of nitrogens with two attached hydrogens (primary N) is 1. The number of primary amides is 1. The smallest absolute Gasteiger partial charge is 0.258 e. The number of aliphatic hydroxyl groups is 1. The van der Waals surface area contributed by atoms with E-state index in [1.165, 1.54) is 16.7 Å². The van der Waals surface area contributed by atoms with Crippen LogP contribution in [0.2, 0.25) is 0 Å². The minimum atomic E-state index is -1.78. The van der Waals surface area contributed by atoms with Crippen molar-refractivity contribution in [3.8, 4) is 5.75 Å². The lowest BCUT2D eigenvalue weighted by Crippen LogP contribution is -2.61. The number of para-hydroxylation sites is 1. The lowest BCUT2D eigenvalue weighted by molar-refractivity contribution is -0.148. The minimum Gasteiger partial charge on any atom is -0.484 e. The van der Waals surface area contributed by atoms with Gasteiger partial charge in [0.15, 0.2) is 12.7 Å². The first-order chi connectivity index (χ1) is 24.5. The van der Waals surface area contributed by atoms with E-state index in [-0.39, 0.29) is 18.2 Å². The third-order valence-electron chi connectivity index (χ3n) is 8.16. The van der Waals surface area contributed by atoms with Crippen molar-refractivity contribution in [1.29, 1.82) is 0 Å². The van der Waals surface area contributed by atoms with Crippen LogP contribution in [-0.4, -0.2) is 86.5 Å². The largest absolute Gasteiger partial charge is 0.484 e. The second kappa shape index (κ2) is 17.4. The molecule has 7 N–H and O–H groups in total. The number of aliphatic hydroxyl groups excluding tert-OH is 1. The van der Waals surface area contributed by atoms with Crippen LogP contribution in [0.15, 0.2) is 84.9 Å². The molecule has 1 heterocycles. The Morgan fingerprint density at radius 3 is 2.21 bits per heavy atom. The lowest BCUT2D eigenvalue weighted by Gasteiger charge is -2.35. The molecule has 0 saturated carbocycles. The molecule has 5 amide bonds. The molecule has 1 saturated heterocycles. The van der Waals surface area contributed by atoms with Crippen LogP contribution in [0.3, 0.4) is 0 Å². The quantitative estimate of drug-likeness (QED) is 0.136. The Kier molecular flexibility index (Phi) is 13.3. The first kappa shape index (κ1) is 39.7. The van der Waals surface area contributed by atoms with Crippen molar-refractivity contribution in [2.75, 3.05) is 17.8 Å². The van der Waals surface area contributed by atoms with E-state index in [1.54, 1.807) is 48.5 Å². The monoisotopic (exact) mass is 732 g/mol. The van der Waals surface area contributed by atoms with Crippen molar-refractivity contribution in [1.82, 2.24) is 20.9 Å². The third kappa shape index (κ3) is 11.5. The molecule has 4 rings (SSSR count). The first-order valence-electron chi connectivity index (χ1n) is 16.9. The molecule has 278 valence electrons. The van der Waals surface area contributed by atoms with Crippen molar-refractivity contribution in [3.05, 3.63) is 90.5 Å². The number of rotatable bonds is 15. The fourth-order valence-electron chi connectivity index (χ4n) is 5.73. The summed E-state index contributed by atoms with van der Waals surface area (Å²) in [5.41, 5.74) is 7.18. The van der Waals surface area contributed by atoms with Crippen LogP contribution >= 0.6 is 11.8 Å². The Morgan fingerprint density at radius 1 is 0.942 bits per heavy atom. The predicted octanol–water partition coefficient (Wildman–Crippen LogP) is 2.85. The van der Waals surface area contributed by atoms with Gasteiger partial charge in [0.1, 0.15) is 17.8 Å². The van der Waals surface area contributed by atoms with Gasteiger partial charge in [0, 0.05) is 27.7 Å². The molecule has 1 aliphatic heterocycles. The Labute approximate surface area is 308 Å². The molecular weight excluding hydrogens is 685 g/mol. The summed E-state index contributed by atoms with van der Waals surface area (Å²) in [5.74, 6) is -2.99. The zero-order chi connectivity index (χ0) is 38.1. The molecule has 0 radical (unpaired) electrons. The van der Waals surface area contributed by atoms with Crippen LogP contribution in [-0.2, 0) is 30.4 Å². The SMILES string of the molecule is CC(C)(C)NC(=O)[C@@H]1N(C(=O)[C@@H](O)[C@H](Cc2ccccc2)NC(=O)[C@H](CC(N)=O)NC(=O)COc2cccc(Nc3ccccc3)c2)CSC1(C)C. The highest BCUT2D eigenvalue weighted by Crippen LogP contribution is 2.40. The third-order valence-corrected chi connectivity index (χ3v) is 9.53. The van der Waals surface area contributed by atoms with E-state index in [4.69, 9.17) is 10.5 Å². The zero-order valence-corrected chi connectivity index (χ0v) is 30.9. The van der Waals surface area contributed by atoms with Crippen molar-refractivity contribution >= 4 is 52.7 Å². The molecule has 3 aromatic carbocycles. The van der Waals surface area contributed by atoms with Gasteiger partial charge in [0.05, 0.1) is 18.3 Å². The summed E-state index contributed by atoms with van der Waals surface area (Å²) in [6.45, 7) is 8.73. The molecule has 3 aromatic rings. The Balaban J connectivity index is 1.48.